The number of thiophene rings is 1. The van der Waals surface area contributed by atoms with Crippen LogP contribution in [0.25, 0.3) is 16.3 Å². The Bertz CT molecular complexity index is 992. The molecule has 2 heterocycles. The summed E-state index contributed by atoms with van der Waals surface area (Å²) in [5.41, 5.74) is 1.75. The van der Waals surface area contributed by atoms with E-state index in [0.717, 1.165) is 36.2 Å². The number of para-hydroxylation sites is 1. The molecule has 1 N–H and O–H groups in total. The van der Waals surface area contributed by atoms with Crippen molar-refractivity contribution in [3.63, 3.8) is 0 Å². The summed E-state index contributed by atoms with van der Waals surface area (Å²) in [5, 5.41) is 9.57. The zero-order chi connectivity index (χ0) is 20.9. The van der Waals surface area contributed by atoms with Gasteiger partial charge in [-0.2, -0.15) is 5.10 Å². The topological polar surface area (TPSA) is 73.2 Å². The number of aromatic nitrogens is 2. The number of amides is 1. The maximum atomic E-state index is 13.0. The van der Waals surface area contributed by atoms with Crippen LogP contribution in [0.15, 0.2) is 54.0 Å². The zero-order valence-electron chi connectivity index (χ0n) is 16.9. The molecule has 6 nitrogen and oxygen atoms in total. The number of carbonyl (C=O) groups excluding carboxylic acids is 2. The van der Waals surface area contributed by atoms with Crippen LogP contribution in [0.5, 0.6) is 0 Å². The highest BCUT2D eigenvalue weighted by Gasteiger charge is 2.26. The number of nitrogens with zero attached hydrogens (tertiary/aromatic N) is 2. The molecule has 156 valence electrons. The molecule has 7 heteroatoms. The van der Waals surface area contributed by atoms with Gasteiger partial charge in [0.25, 0.3) is 5.91 Å². The van der Waals surface area contributed by atoms with E-state index in [2.05, 4.69) is 10.4 Å². The Balaban J connectivity index is 1.52. The lowest BCUT2D eigenvalue weighted by atomic mass is 9.95. The van der Waals surface area contributed by atoms with Crippen molar-refractivity contribution < 1.29 is 14.3 Å². The summed E-state index contributed by atoms with van der Waals surface area (Å²) in [6, 6.07) is 13.6. The fraction of sp³-hybridized carbons (Fsp3) is 0.348. The van der Waals surface area contributed by atoms with E-state index in [1.54, 1.807) is 17.8 Å². The summed E-state index contributed by atoms with van der Waals surface area (Å²) < 4.78 is 7.19. The number of carbonyl (C=O) groups is 2. The molecule has 0 spiro atoms. The lowest BCUT2D eigenvalue weighted by Crippen LogP contribution is -2.42. The van der Waals surface area contributed by atoms with Crippen LogP contribution in [0.3, 0.4) is 0 Å². The van der Waals surface area contributed by atoms with Crippen LogP contribution < -0.4 is 5.32 Å². The molecule has 0 unspecified atom stereocenters. The average molecular weight is 424 g/mol. The molecule has 1 atom stereocenters. The van der Waals surface area contributed by atoms with Gasteiger partial charge in [0.15, 0.2) is 6.10 Å². The minimum atomic E-state index is -0.865. The highest BCUT2D eigenvalue weighted by atomic mass is 32.1. The molecule has 30 heavy (non-hydrogen) atoms. The largest absolute Gasteiger partial charge is 0.449 e. The van der Waals surface area contributed by atoms with E-state index in [9.17, 15) is 9.59 Å². The second-order valence-corrected chi connectivity index (χ2v) is 8.49. The second-order valence-electron chi connectivity index (χ2n) is 7.54. The van der Waals surface area contributed by atoms with Gasteiger partial charge < -0.3 is 10.1 Å². The predicted octanol–water partition coefficient (Wildman–Crippen LogP) is 4.60. The molecule has 1 amide bonds. The molecular weight excluding hydrogens is 398 g/mol. The quantitative estimate of drug-likeness (QED) is 0.588. The van der Waals surface area contributed by atoms with Crippen molar-refractivity contribution in [1.82, 2.24) is 15.1 Å². The normalized spacial score (nSPS) is 15.5. The average Bonchev–Trinajstić information content (AvgIpc) is 3.45. The van der Waals surface area contributed by atoms with Crippen molar-refractivity contribution in [1.29, 1.82) is 0 Å². The van der Waals surface area contributed by atoms with Crippen LogP contribution in [-0.2, 0) is 9.53 Å². The first-order valence-corrected chi connectivity index (χ1v) is 11.2. The third-order valence-corrected chi connectivity index (χ3v) is 6.19. The van der Waals surface area contributed by atoms with E-state index in [1.807, 2.05) is 47.8 Å². The van der Waals surface area contributed by atoms with Crippen LogP contribution in [0.4, 0.5) is 0 Å². The summed E-state index contributed by atoms with van der Waals surface area (Å²) in [5.74, 6) is -0.796. The molecular formula is C23H25N3O3S. The zero-order valence-corrected chi connectivity index (χ0v) is 17.7. The predicted molar refractivity (Wildman–Crippen MR) is 117 cm³/mol. The van der Waals surface area contributed by atoms with E-state index in [-0.39, 0.29) is 11.9 Å². The Hall–Kier alpha value is -2.93. The highest BCUT2D eigenvalue weighted by molar-refractivity contribution is 7.13. The van der Waals surface area contributed by atoms with Gasteiger partial charge in [0.1, 0.15) is 11.3 Å². The fourth-order valence-corrected chi connectivity index (χ4v) is 4.40. The van der Waals surface area contributed by atoms with Crippen molar-refractivity contribution in [2.75, 3.05) is 0 Å². The summed E-state index contributed by atoms with van der Waals surface area (Å²) in [6.07, 6.45) is 6.24. The third-order valence-electron chi connectivity index (χ3n) is 5.31. The van der Waals surface area contributed by atoms with Crippen LogP contribution in [0, 0.1) is 0 Å². The lowest BCUT2D eigenvalue weighted by Gasteiger charge is -2.24. The molecule has 0 aliphatic heterocycles. The minimum absolute atomic E-state index is 0.176. The highest BCUT2D eigenvalue weighted by Crippen LogP contribution is 2.28. The SMILES string of the molecule is C[C@@H](OC(=O)c1cn(-c2ccccc2)nc1-c1cccs1)C(=O)NC1CCCCC1. The Morgan fingerprint density at radius 1 is 1.13 bits per heavy atom. The number of nitrogens with one attached hydrogen (secondary N) is 1. The van der Waals surface area contributed by atoms with Crippen molar-refractivity contribution in [2.24, 2.45) is 0 Å². The third kappa shape index (κ3) is 4.62. The minimum Gasteiger partial charge on any atom is -0.449 e. The second kappa shape index (κ2) is 9.26. The van der Waals surface area contributed by atoms with Gasteiger partial charge in [-0.3, -0.25) is 4.79 Å². The first kappa shape index (κ1) is 20.3. The van der Waals surface area contributed by atoms with Gasteiger partial charge in [-0.15, -0.1) is 11.3 Å². The maximum absolute atomic E-state index is 13.0. The van der Waals surface area contributed by atoms with Gasteiger partial charge in [0, 0.05) is 12.2 Å². The number of ether oxygens (including phenoxy) is 1. The Morgan fingerprint density at radius 3 is 2.60 bits per heavy atom. The summed E-state index contributed by atoms with van der Waals surface area (Å²) >= 11 is 1.50. The first-order chi connectivity index (χ1) is 14.6. The van der Waals surface area contributed by atoms with Gasteiger partial charge in [-0.25, -0.2) is 9.48 Å². The van der Waals surface area contributed by atoms with E-state index < -0.39 is 12.1 Å². The fourth-order valence-electron chi connectivity index (χ4n) is 3.67. The Kier molecular flexibility index (Phi) is 6.28. The number of benzene rings is 1. The smallest absolute Gasteiger partial charge is 0.342 e. The number of hydrogen-bond donors (Lipinski definition) is 1. The first-order valence-electron chi connectivity index (χ1n) is 10.3. The molecule has 1 saturated carbocycles. The number of esters is 1. The van der Waals surface area contributed by atoms with Crippen LogP contribution >= 0.6 is 11.3 Å². The monoisotopic (exact) mass is 423 g/mol. The van der Waals surface area contributed by atoms with Crippen LogP contribution in [-0.4, -0.2) is 33.8 Å². The van der Waals surface area contributed by atoms with Crippen molar-refractivity contribution in [3.8, 4) is 16.3 Å². The standard InChI is InChI=1S/C23H25N3O3S/c1-16(22(27)24-17-9-4-2-5-10-17)29-23(28)19-15-26(18-11-6-3-7-12-18)25-21(19)20-13-8-14-30-20/h3,6-8,11-17H,2,4-5,9-10H2,1H3,(H,24,27)/t16-/m1/s1. The summed E-state index contributed by atoms with van der Waals surface area (Å²) in [4.78, 5) is 26.3. The van der Waals surface area contributed by atoms with Gasteiger partial charge in [-0.05, 0) is 43.3 Å². The van der Waals surface area contributed by atoms with Crippen LogP contribution in [0.2, 0.25) is 0 Å². The van der Waals surface area contributed by atoms with E-state index in [0.29, 0.717) is 11.3 Å². The van der Waals surface area contributed by atoms with Gasteiger partial charge in [-0.1, -0.05) is 43.5 Å². The number of hydrogen-bond acceptors (Lipinski definition) is 5. The molecule has 1 aliphatic rings. The van der Waals surface area contributed by atoms with Crippen molar-refractivity contribution >= 4 is 23.2 Å². The Morgan fingerprint density at radius 2 is 1.90 bits per heavy atom. The molecule has 0 saturated heterocycles. The van der Waals surface area contributed by atoms with Crippen molar-refractivity contribution in [3.05, 3.63) is 59.6 Å². The van der Waals surface area contributed by atoms with Crippen molar-refractivity contribution in [2.45, 2.75) is 51.2 Å². The molecule has 1 aliphatic carbocycles. The molecule has 0 radical (unpaired) electrons. The molecule has 1 aromatic carbocycles. The van der Waals surface area contributed by atoms with Gasteiger partial charge in [0.2, 0.25) is 0 Å². The lowest BCUT2D eigenvalue weighted by molar-refractivity contribution is -0.130. The van der Waals surface area contributed by atoms with Gasteiger partial charge in [0.05, 0.1) is 10.6 Å². The molecule has 2 aromatic heterocycles. The summed E-state index contributed by atoms with van der Waals surface area (Å²) in [6.45, 7) is 1.61. The number of rotatable bonds is 6. The van der Waals surface area contributed by atoms with E-state index in [4.69, 9.17) is 4.74 Å². The molecule has 4 rings (SSSR count). The molecule has 3 aromatic rings. The van der Waals surface area contributed by atoms with Crippen LogP contribution in [0.1, 0.15) is 49.4 Å². The van der Waals surface area contributed by atoms with E-state index >= 15 is 0 Å². The maximum Gasteiger partial charge on any atom is 0.342 e. The van der Waals surface area contributed by atoms with Gasteiger partial charge >= 0.3 is 5.97 Å². The summed E-state index contributed by atoms with van der Waals surface area (Å²) in [7, 11) is 0. The molecule has 1 fully saturated rings. The van der Waals surface area contributed by atoms with E-state index in [1.165, 1.54) is 17.8 Å². The Labute approximate surface area is 179 Å². The molecule has 0 bridgehead atoms.